The van der Waals surface area contributed by atoms with E-state index in [0.29, 0.717) is 14.5 Å². The zero-order valence-corrected chi connectivity index (χ0v) is 39.8. The van der Waals surface area contributed by atoms with Gasteiger partial charge in [0.25, 0.3) is 0 Å². The van der Waals surface area contributed by atoms with E-state index in [4.69, 9.17) is 0 Å². The summed E-state index contributed by atoms with van der Waals surface area (Å²) in [6.07, 6.45) is 1.56. The maximum Gasteiger partial charge on any atom is -1.00 e. The summed E-state index contributed by atoms with van der Waals surface area (Å²) >= 11 is 0.729. The fraction of sp³-hybridized carbons (Fsp3) is 0.333. The molecule has 0 heterocycles. The number of hydrogen-bond donors (Lipinski definition) is 0. The van der Waals surface area contributed by atoms with Gasteiger partial charge in [0.05, 0.1) is 0 Å². The summed E-state index contributed by atoms with van der Waals surface area (Å²) in [6, 6.07) is 21.3. The molecule has 316 valence electrons. The number of rotatable bonds is 2. The first-order valence-electron chi connectivity index (χ1n) is 19.6. The molecule has 0 saturated carbocycles. The second-order valence-electron chi connectivity index (χ2n) is 18.1. The molecule has 0 saturated heterocycles. The van der Waals surface area contributed by atoms with Crippen LogP contribution in [0.5, 0.6) is 0 Å². The Balaban J connectivity index is 0.000000209. The number of allylic oxidation sites excluding steroid dienone is 8. The molecule has 0 spiro atoms. The van der Waals surface area contributed by atoms with Gasteiger partial charge in [-0.25, -0.2) is 5.57 Å². The molecule has 8 rings (SSSR count). The number of fused-ring (bicyclic) bond motifs is 5. The summed E-state index contributed by atoms with van der Waals surface area (Å²) in [5.41, 5.74) is 10.9. The van der Waals surface area contributed by atoms with Crippen LogP contribution in [0.4, 0.5) is 26.3 Å². The molecule has 0 fully saturated rings. The fourth-order valence-corrected chi connectivity index (χ4v) is 9.50. The third-order valence-corrected chi connectivity index (χ3v) is 12.8. The summed E-state index contributed by atoms with van der Waals surface area (Å²) in [4.78, 5) is 0. The Morgan fingerprint density at radius 2 is 1.05 bits per heavy atom. The second-order valence-corrected chi connectivity index (χ2v) is 19.4. The van der Waals surface area contributed by atoms with Crippen LogP contribution >= 0.6 is 0 Å². The molecule has 0 bridgehead atoms. The average Bonchev–Trinajstić information content (AvgIpc) is 3.79. The van der Waals surface area contributed by atoms with E-state index in [1.54, 1.807) is 0 Å². The summed E-state index contributed by atoms with van der Waals surface area (Å²) in [7, 11) is 0. The van der Waals surface area contributed by atoms with Gasteiger partial charge in [0.15, 0.2) is 0 Å². The van der Waals surface area contributed by atoms with Crippen molar-refractivity contribution in [2.24, 2.45) is 11.3 Å². The molecule has 0 amide bonds. The largest absolute Gasteiger partial charge is 1.00 e. The fourth-order valence-electron chi connectivity index (χ4n) is 8.74. The van der Waals surface area contributed by atoms with E-state index in [1.165, 1.54) is 90.4 Å². The van der Waals surface area contributed by atoms with Crippen molar-refractivity contribution in [3.05, 3.63) is 159 Å². The Kier molecular flexibility index (Phi) is 14.3. The van der Waals surface area contributed by atoms with Crippen LogP contribution in [0.25, 0.3) is 32.7 Å². The quantitative estimate of drug-likeness (QED) is 0.122. The monoisotopic (exact) mass is 936 g/mol. The molecular weight excluding hydrogens is 889 g/mol. The maximum atomic E-state index is 12.7. The van der Waals surface area contributed by atoms with Crippen LogP contribution in [0.1, 0.15) is 121 Å². The molecule has 1 unspecified atom stereocenters. The summed E-state index contributed by atoms with van der Waals surface area (Å²) in [5, 5.41) is 5.57. The van der Waals surface area contributed by atoms with E-state index in [2.05, 4.69) is 131 Å². The number of benzene rings is 4. The Bertz CT molecular complexity index is 2430. The first-order valence-corrected chi connectivity index (χ1v) is 20.8. The van der Waals surface area contributed by atoms with E-state index in [-0.39, 0.29) is 46.8 Å². The molecule has 0 N–H and O–H groups in total. The van der Waals surface area contributed by atoms with Gasteiger partial charge in [-0.1, -0.05) is 109 Å². The standard InChI is InChI=1S/C25H25.C15H8F6.C11H17.2ClH.Zr/c1-14-12-24(3,4)22-8-16-7-17-9-23-19(15(2)13-25(23,5)6)11-21(17)20(16)10-18(14)22;16-14(17,18)12-5-1-3-10(8-12)7-11-4-2-6-13(9-11)15(19,20)21;1-8-6-9(2)10(7-8)11(3,4)5;;;/h7-13H,1-6H3;1-6,8-9H;7-8H,1-5H3;2*1H;/q-1;;-1;;;+2/p-2. The van der Waals surface area contributed by atoms with Crippen molar-refractivity contribution in [3.63, 3.8) is 0 Å². The molecule has 60 heavy (non-hydrogen) atoms. The molecular formula is C51H50Cl2F6Zr-2. The molecule has 3 aliphatic rings. The average molecular weight is 939 g/mol. The predicted molar refractivity (Wildman–Crippen MR) is 226 cm³/mol. The molecule has 9 heteroatoms. The Morgan fingerprint density at radius 1 is 0.650 bits per heavy atom. The van der Waals surface area contributed by atoms with Crippen molar-refractivity contribution in [3.8, 4) is 0 Å². The molecule has 0 aromatic heterocycles. The first kappa shape index (κ1) is 49.3. The van der Waals surface area contributed by atoms with Gasteiger partial charge in [-0.2, -0.15) is 11.6 Å². The number of halogens is 8. The summed E-state index contributed by atoms with van der Waals surface area (Å²) in [5.74, 6) is 0.518. The maximum absolute atomic E-state index is 12.7. The molecule has 3 aliphatic carbocycles. The third kappa shape index (κ3) is 10.1. The van der Waals surface area contributed by atoms with Gasteiger partial charge < -0.3 is 24.8 Å². The van der Waals surface area contributed by atoms with Gasteiger partial charge >= 0.3 is 137 Å². The smallest absolute Gasteiger partial charge is 1.00 e. The molecule has 0 aliphatic heterocycles. The molecule has 0 radical (unpaired) electrons. The third-order valence-electron chi connectivity index (χ3n) is 11.4. The first-order chi connectivity index (χ1) is 26.7. The Morgan fingerprint density at radius 3 is 1.37 bits per heavy atom. The SMILES string of the molecule is CC1=CC(C)(C)c2cc3[cH-]c4cc5c(cc4c3cc21)C(C)=CC5(C)C.CC1=[C-]C(C)C=C1C(C)(C)C.FC(F)(F)c1cccc([C](=[Zr+2])c2cccc(C(F)(F)F)c2)c1.[Cl-].[Cl-]. The predicted octanol–water partition coefficient (Wildman–Crippen LogP) is 9.31. The number of hydrogen-bond acceptors (Lipinski definition) is 0. The van der Waals surface area contributed by atoms with Gasteiger partial charge in [0.2, 0.25) is 0 Å². The van der Waals surface area contributed by atoms with Crippen molar-refractivity contribution in [1.82, 2.24) is 0 Å². The van der Waals surface area contributed by atoms with Crippen LogP contribution in [0, 0.1) is 17.4 Å². The molecule has 5 aromatic carbocycles. The second kappa shape index (κ2) is 17.4. The summed E-state index contributed by atoms with van der Waals surface area (Å²) < 4.78 is 76.7. The number of alkyl halides is 6. The van der Waals surface area contributed by atoms with Crippen molar-refractivity contribution in [1.29, 1.82) is 0 Å². The van der Waals surface area contributed by atoms with E-state index in [9.17, 15) is 26.3 Å². The van der Waals surface area contributed by atoms with E-state index < -0.39 is 23.5 Å². The minimum atomic E-state index is -4.49. The van der Waals surface area contributed by atoms with Crippen molar-refractivity contribution < 1.29 is 75.4 Å². The van der Waals surface area contributed by atoms with Crippen LogP contribution in [0.15, 0.2) is 108 Å². The van der Waals surface area contributed by atoms with Crippen molar-refractivity contribution in [2.45, 2.75) is 99.3 Å². The molecule has 0 nitrogen and oxygen atoms in total. The van der Waals surface area contributed by atoms with E-state index in [1.807, 2.05) is 0 Å². The Hall–Kier alpha value is -3.38. The van der Waals surface area contributed by atoms with Gasteiger partial charge in [-0.15, -0.1) is 39.7 Å². The van der Waals surface area contributed by atoms with Gasteiger partial charge in [-0.3, -0.25) is 6.08 Å². The van der Waals surface area contributed by atoms with Crippen LogP contribution < -0.4 is 24.8 Å². The topological polar surface area (TPSA) is 0 Å². The normalized spacial score (nSPS) is 17.4. The molecule has 1 atom stereocenters. The van der Waals surface area contributed by atoms with Crippen LogP contribution in [0.3, 0.4) is 0 Å². The zero-order valence-electron chi connectivity index (χ0n) is 35.8. The minimum Gasteiger partial charge on any atom is -1.00 e. The van der Waals surface area contributed by atoms with Gasteiger partial charge in [0, 0.05) is 10.8 Å². The Labute approximate surface area is 378 Å². The molecule has 5 aromatic rings. The van der Waals surface area contributed by atoms with Gasteiger partial charge in [0.1, 0.15) is 0 Å². The van der Waals surface area contributed by atoms with Crippen molar-refractivity contribution >= 4 is 35.9 Å². The summed E-state index contributed by atoms with van der Waals surface area (Å²) in [6.45, 7) is 24.9. The zero-order chi connectivity index (χ0) is 42.9. The van der Waals surface area contributed by atoms with E-state index in [0.717, 1.165) is 48.5 Å². The van der Waals surface area contributed by atoms with Crippen LogP contribution in [-0.4, -0.2) is 3.21 Å². The van der Waals surface area contributed by atoms with Crippen LogP contribution in [0.2, 0.25) is 0 Å². The van der Waals surface area contributed by atoms with Gasteiger partial charge in [-0.05, 0) is 36.1 Å². The van der Waals surface area contributed by atoms with E-state index >= 15 is 0 Å². The minimum absolute atomic E-state index is 0. The van der Waals surface area contributed by atoms with Crippen molar-refractivity contribution in [2.75, 3.05) is 0 Å². The van der Waals surface area contributed by atoms with Crippen LogP contribution in [-0.2, 0) is 47.4 Å².